The largest absolute Gasteiger partial charge is 0.358 e. The molecule has 0 saturated carbocycles. The highest BCUT2D eigenvalue weighted by molar-refractivity contribution is 7.15. The SMILES string of the molecule is Cc1ccc(-c2nc(C)n(C)c2[N+](=O)[O-])s1. The Labute approximate surface area is 96.5 Å². The number of hydrogen-bond acceptors (Lipinski definition) is 4. The van der Waals surface area contributed by atoms with Crippen LogP contribution in [0.4, 0.5) is 5.82 Å². The molecule has 0 spiro atoms. The summed E-state index contributed by atoms with van der Waals surface area (Å²) < 4.78 is 1.50. The molecule has 0 aliphatic carbocycles. The Hall–Kier alpha value is -1.69. The van der Waals surface area contributed by atoms with Gasteiger partial charge in [0.05, 0.1) is 11.9 Å². The third-order valence-corrected chi connectivity index (χ3v) is 3.44. The molecule has 0 aliphatic heterocycles. The van der Waals surface area contributed by atoms with Crippen LogP contribution >= 0.6 is 11.3 Å². The molecular weight excluding hydrogens is 226 g/mol. The maximum absolute atomic E-state index is 11.0. The fourth-order valence-electron chi connectivity index (χ4n) is 1.53. The van der Waals surface area contributed by atoms with E-state index in [0.717, 1.165) is 9.75 Å². The van der Waals surface area contributed by atoms with Crippen molar-refractivity contribution in [3.63, 3.8) is 0 Å². The molecule has 0 aromatic carbocycles. The number of nitrogens with zero attached hydrogens (tertiary/aromatic N) is 3. The Bertz CT molecular complexity index is 556. The second kappa shape index (κ2) is 3.71. The monoisotopic (exact) mass is 237 g/mol. The van der Waals surface area contributed by atoms with Crippen molar-refractivity contribution in [3.05, 3.63) is 32.9 Å². The van der Waals surface area contributed by atoms with Crippen LogP contribution in [-0.2, 0) is 7.05 Å². The molecule has 0 atom stereocenters. The van der Waals surface area contributed by atoms with Gasteiger partial charge in [0, 0.05) is 11.8 Å². The Morgan fingerprint density at radius 2 is 2.12 bits per heavy atom. The maximum atomic E-state index is 11.0. The summed E-state index contributed by atoms with van der Waals surface area (Å²) in [5, 5.41) is 11.0. The van der Waals surface area contributed by atoms with Crippen molar-refractivity contribution in [2.24, 2.45) is 7.05 Å². The van der Waals surface area contributed by atoms with E-state index in [9.17, 15) is 10.1 Å². The molecule has 2 aromatic heterocycles. The van der Waals surface area contributed by atoms with Gasteiger partial charge in [0.25, 0.3) is 0 Å². The minimum absolute atomic E-state index is 0.0550. The van der Waals surface area contributed by atoms with Crippen molar-refractivity contribution < 1.29 is 4.92 Å². The number of aromatic nitrogens is 2. The summed E-state index contributed by atoms with van der Waals surface area (Å²) in [6.07, 6.45) is 0. The van der Waals surface area contributed by atoms with Gasteiger partial charge in [-0.3, -0.25) is 0 Å². The maximum Gasteiger partial charge on any atom is 0.351 e. The van der Waals surface area contributed by atoms with E-state index < -0.39 is 0 Å². The Balaban J connectivity index is 2.65. The predicted octanol–water partition coefficient (Wildman–Crippen LogP) is 2.67. The molecule has 0 saturated heterocycles. The van der Waals surface area contributed by atoms with E-state index in [4.69, 9.17) is 0 Å². The molecule has 0 unspecified atom stereocenters. The fourth-order valence-corrected chi connectivity index (χ4v) is 2.39. The zero-order chi connectivity index (χ0) is 11.9. The van der Waals surface area contributed by atoms with Crippen molar-refractivity contribution in [3.8, 4) is 10.6 Å². The van der Waals surface area contributed by atoms with Gasteiger partial charge in [-0.2, -0.15) is 0 Å². The Kier molecular flexibility index (Phi) is 2.51. The van der Waals surface area contributed by atoms with E-state index in [1.807, 2.05) is 19.1 Å². The second-order valence-corrected chi connectivity index (χ2v) is 4.85. The third kappa shape index (κ3) is 1.61. The van der Waals surface area contributed by atoms with Crippen molar-refractivity contribution in [1.82, 2.24) is 9.55 Å². The molecule has 2 rings (SSSR count). The van der Waals surface area contributed by atoms with Gasteiger partial charge in [0.1, 0.15) is 0 Å². The van der Waals surface area contributed by atoms with Crippen molar-refractivity contribution in [2.45, 2.75) is 13.8 Å². The lowest BCUT2D eigenvalue weighted by Crippen LogP contribution is -1.99. The van der Waals surface area contributed by atoms with Crippen LogP contribution in [0.15, 0.2) is 12.1 Å². The number of aryl methyl sites for hydroxylation is 2. The van der Waals surface area contributed by atoms with Crippen LogP contribution in [0.25, 0.3) is 10.6 Å². The molecule has 84 valence electrons. The average Bonchev–Trinajstić information content (AvgIpc) is 2.73. The quantitative estimate of drug-likeness (QED) is 0.596. The minimum Gasteiger partial charge on any atom is -0.358 e. The zero-order valence-electron chi connectivity index (χ0n) is 9.22. The summed E-state index contributed by atoms with van der Waals surface area (Å²) in [4.78, 5) is 16.8. The van der Waals surface area contributed by atoms with Crippen LogP contribution < -0.4 is 0 Å². The van der Waals surface area contributed by atoms with Crippen LogP contribution in [0.1, 0.15) is 10.7 Å². The molecule has 2 heterocycles. The van der Waals surface area contributed by atoms with E-state index in [-0.39, 0.29) is 10.7 Å². The molecule has 0 bridgehead atoms. The van der Waals surface area contributed by atoms with Crippen LogP contribution in [0.3, 0.4) is 0 Å². The van der Waals surface area contributed by atoms with Gasteiger partial charge in [-0.25, -0.2) is 9.55 Å². The summed E-state index contributed by atoms with van der Waals surface area (Å²) in [5.74, 6) is 0.701. The smallest absolute Gasteiger partial charge is 0.351 e. The van der Waals surface area contributed by atoms with Crippen LogP contribution in [0.2, 0.25) is 0 Å². The standard InChI is InChI=1S/C10H11N3O2S/c1-6-4-5-8(16-6)9-10(13(14)15)12(3)7(2)11-9/h4-5H,1-3H3. The fraction of sp³-hybridized carbons (Fsp3) is 0.300. The summed E-state index contributed by atoms with van der Waals surface area (Å²) in [6.45, 7) is 3.73. The number of imidazole rings is 1. The molecule has 0 aliphatic rings. The number of nitro groups is 1. The molecule has 0 radical (unpaired) electrons. The lowest BCUT2D eigenvalue weighted by atomic mass is 10.3. The van der Waals surface area contributed by atoms with Gasteiger partial charge >= 0.3 is 5.82 Å². The molecule has 16 heavy (non-hydrogen) atoms. The molecular formula is C10H11N3O2S. The molecule has 6 heteroatoms. The normalized spacial score (nSPS) is 10.7. The van der Waals surface area contributed by atoms with Gasteiger partial charge in [-0.1, -0.05) is 0 Å². The molecule has 0 N–H and O–H groups in total. The summed E-state index contributed by atoms with van der Waals surface area (Å²) in [5.41, 5.74) is 0.461. The summed E-state index contributed by atoms with van der Waals surface area (Å²) in [7, 11) is 1.66. The highest BCUT2D eigenvalue weighted by Crippen LogP contribution is 2.33. The van der Waals surface area contributed by atoms with E-state index in [1.165, 1.54) is 15.9 Å². The first-order chi connectivity index (χ1) is 7.50. The summed E-state index contributed by atoms with van der Waals surface area (Å²) >= 11 is 1.51. The van der Waals surface area contributed by atoms with Gasteiger partial charge in [-0.15, -0.1) is 11.3 Å². The Morgan fingerprint density at radius 3 is 2.62 bits per heavy atom. The van der Waals surface area contributed by atoms with Gasteiger partial charge in [0.15, 0.2) is 11.5 Å². The lowest BCUT2D eigenvalue weighted by Gasteiger charge is -1.96. The first-order valence-corrected chi connectivity index (χ1v) is 5.57. The number of rotatable bonds is 2. The van der Waals surface area contributed by atoms with Gasteiger partial charge < -0.3 is 10.1 Å². The summed E-state index contributed by atoms with van der Waals surface area (Å²) in [6, 6.07) is 3.81. The van der Waals surface area contributed by atoms with E-state index in [0.29, 0.717) is 11.5 Å². The Morgan fingerprint density at radius 1 is 1.44 bits per heavy atom. The third-order valence-electron chi connectivity index (χ3n) is 2.44. The molecule has 5 nitrogen and oxygen atoms in total. The van der Waals surface area contributed by atoms with Crippen LogP contribution in [-0.4, -0.2) is 14.5 Å². The molecule has 0 amide bonds. The molecule has 0 fully saturated rings. The molecule has 2 aromatic rings. The van der Waals surface area contributed by atoms with Gasteiger partial charge in [-0.05, 0) is 24.0 Å². The number of thiophene rings is 1. The minimum atomic E-state index is -0.385. The highest BCUT2D eigenvalue weighted by atomic mass is 32.1. The first kappa shape index (κ1) is 10.8. The van der Waals surface area contributed by atoms with E-state index in [1.54, 1.807) is 14.0 Å². The van der Waals surface area contributed by atoms with Crippen molar-refractivity contribution in [2.75, 3.05) is 0 Å². The topological polar surface area (TPSA) is 61.0 Å². The van der Waals surface area contributed by atoms with Crippen LogP contribution in [0.5, 0.6) is 0 Å². The number of hydrogen-bond donors (Lipinski definition) is 0. The van der Waals surface area contributed by atoms with Crippen molar-refractivity contribution in [1.29, 1.82) is 0 Å². The van der Waals surface area contributed by atoms with Crippen LogP contribution in [0, 0.1) is 24.0 Å². The average molecular weight is 237 g/mol. The first-order valence-electron chi connectivity index (χ1n) is 4.75. The zero-order valence-corrected chi connectivity index (χ0v) is 10.0. The lowest BCUT2D eigenvalue weighted by molar-refractivity contribution is -0.391. The second-order valence-electron chi connectivity index (χ2n) is 3.56. The van der Waals surface area contributed by atoms with E-state index in [2.05, 4.69) is 4.98 Å². The van der Waals surface area contributed by atoms with Gasteiger partial charge in [0.2, 0.25) is 0 Å². The van der Waals surface area contributed by atoms with E-state index >= 15 is 0 Å². The predicted molar refractivity (Wildman–Crippen MR) is 62.6 cm³/mol. The highest BCUT2D eigenvalue weighted by Gasteiger charge is 2.24. The van der Waals surface area contributed by atoms with Crippen molar-refractivity contribution >= 4 is 17.2 Å².